The van der Waals surface area contributed by atoms with Crippen molar-refractivity contribution in [1.29, 1.82) is 0 Å². The molecule has 1 nitrogen and oxygen atoms in total. The van der Waals surface area contributed by atoms with E-state index in [4.69, 9.17) is 0 Å². The second-order valence-corrected chi connectivity index (χ2v) is 3.22. The fourth-order valence-electron chi connectivity index (χ4n) is 1.80. The number of hydrogen-bond donors (Lipinski definition) is 1. The predicted octanol–water partition coefficient (Wildman–Crippen LogP) is 0.438. The SMILES string of the molecule is [H-].[K+].c1ccc2c(c1)[nH]c1ccccc12. The number of nitrogens with one attached hydrogen (secondary N) is 1. The molecule has 0 spiro atoms. The zero-order chi connectivity index (χ0) is 8.67. The van der Waals surface area contributed by atoms with Crippen LogP contribution in [0.5, 0.6) is 0 Å². The van der Waals surface area contributed by atoms with Gasteiger partial charge >= 0.3 is 51.4 Å². The van der Waals surface area contributed by atoms with Gasteiger partial charge in [-0.15, -0.1) is 0 Å². The van der Waals surface area contributed by atoms with E-state index in [1.54, 1.807) is 0 Å². The third kappa shape index (κ3) is 1.57. The summed E-state index contributed by atoms with van der Waals surface area (Å²) in [6.07, 6.45) is 0. The molecule has 64 valence electrons. The molecule has 0 amide bonds. The molecule has 2 heteroatoms. The molecule has 1 heterocycles. The van der Waals surface area contributed by atoms with Crippen LogP contribution in [-0.4, -0.2) is 4.98 Å². The normalized spacial score (nSPS) is 10.3. The molecular formula is C12H10KN. The first kappa shape index (κ1) is 10.4. The molecule has 0 saturated heterocycles. The average molecular weight is 207 g/mol. The Kier molecular flexibility index (Phi) is 3.09. The number of H-pyrrole nitrogens is 1. The van der Waals surface area contributed by atoms with Gasteiger partial charge in [0.25, 0.3) is 0 Å². The predicted molar refractivity (Wildman–Crippen MR) is 56.9 cm³/mol. The number of benzene rings is 2. The van der Waals surface area contributed by atoms with Gasteiger partial charge in [0.1, 0.15) is 0 Å². The van der Waals surface area contributed by atoms with Crippen LogP contribution in [0.1, 0.15) is 1.43 Å². The Balaban J connectivity index is 0.000000562. The molecule has 14 heavy (non-hydrogen) atoms. The minimum Gasteiger partial charge on any atom is -1.00 e. The van der Waals surface area contributed by atoms with Crippen LogP contribution in [0.2, 0.25) is 0 Å². The van der Waals surface area contributed by atoms with Crippen LogP contribution in [0.4, 0.5) is 0 Å². The van der Waals surface area contributed by atoms with Crippen LogP contribution in [0.3, 0.4) is 0 Å². The van der Waals surface area contributed by atoms with Crippen LogP contribution in [0.15, 0.2) is 48.5 Å². The van der Waals surface area contributed by atoms with Gasteiger partial charge in [-0.3, -0.25) is 0 Å². The number of aromatic amines is 1. The maximum Gasteiger partial charge on any atom is 1.00 e. The van der Waals surface area contributed by atoms with Crippen molar-refractivity contribution in [1.82, 2.24) is 4.98 Å². The third-order valence-corrected chi connectivity index (χ3v) is 2.41. The topological polar surface area (TPSA) is 15.8 Å². The van der Waals surface area contributed by atoms with Gasteiger partial charge < -0.3 is 6.41 Å². The second kappa shape index (κ2) is 4.17. The molecule has 0 bridgehead atoms. The van der Waals surface area contributed by atoms with E-state index in [-0.39, 0.29) is 52.8 Å². The summed E-state index contributed by atoms with van der Waals surface area (Å²) in [5, 5.41) is 2.61. The molecule has 0 saturated carbocycles. The van der Waals surface area contributed by atoms with E-state index < -0.39 is 0 Å². The maximum atomic E-state index is 3.38. The summed E-state index contributed by atoms with van der Waals surface area (Å²) in [7, 11) is 0. The van der Waals surface area contributed by atoms with E-state index in [2.05, 4.69) is 53.5 Å². The van der Waals surface area contributed by atoms with E-state index in [1.807, 2.05) is 0 Å². The first-order valence-electron chi connectivity index (χ1n) is 4.40. The van der Waals surface area contributed by atoms with E-state index >= 15 is 0 Å². The standard InChI is InChI=1S/C12H9N.K.H/c1-3-7-11-9(5-1)10-6-2-4-8-12(10)13-11;;/h1-8,13H;;/q;+1;-1. The van der Waals surface area contributed by atoms with Crippen LogP contribution in [-0.2, 0) is 0 Å². The Labute approximate surface area is 126 Å². The Bertz CT molecular complexity index is 523. The fraction of sp³-hybridized carbons (Fsp3) is 0. The quantitative estimate of drug-likeness (QED) is 0.515. The van der Waals surface area contributed by atoms with Gasteiger partial charge in [0.15, 0.2) is 0 Å². The number of hydrogen-bond acceptors (Lipinski definition) is 0. The van der Waals surface area contributed by atoms with Gasteiger partial charge in [-0.05, 0) is 12.1 Å². The van der Waals surface area contributed by atoms with E-state index in [1.165, 1.54) is 21.8 Å². The molecule has 3 aromatic rings. The summed E-state index contributed by atoms with van der Waals surface area (Å²) in [4.78, 5) is 3.38. The second-order valence-electron chi connectivity index (χ2n) is 3.22. The Morgan fingerprint density at radius 1 is 0.714 bits per heavy atom. The van der Waals surface area contributed by atoms with Crippen LogP contribution in [0.25, 0.3) is 21.8 Å². The number of fused-ring (bicyclic) bond motifs is 3. The Morgan fingerprint density at radius 3 is 1.64 bits per heavy atom. The van der Waals surface area contributed by atoms with Gasteiger partial charge in [-0.1, -0.05) is 36.4 Å². The summed E-state index contributed by atoms with van der Waals surface area (Å²) in [5.41, 5.74) is 2.42. The van der Waals surface area contributed by atoms with Gasteiger partial charge in [-0.2, -0.15) is 0 Å². The average Bonchev–Trinajstić information content (AvgIpc) is 2.56. The van der Waals surface area contributed by atoms with Crippen molar-refractivity contribution in [2.75, 3.05) is 0 Å². The van der Waals surface area contributed by atoms with Crippen molar-refractivity contribution >= 4 is 21.8 Å². The van der Waals surface area contributed by atoms with Gasteiger partial charge in [0.2, 0.25) is 0 Å². The summed E-state index contributed by atoms with van der Waals surface area (Å²) in [5.74, 6) is 0. The third-order valence-electron chi connectivity index (χ3n) is 2.41. The Morgan fingerprint density at radius 2 is 1.14 bits per heavy atom. The molecule has 3 rings (SSSR count). The van der Waals surface area contributed by atoms with Gasteiger partial charge in [0, 0.05) is 21.8 Å². The fourth-order valence-corrected chi connectivity index (χ4v) is 1.80. The van der Waals surface area contributed by atoms with E-state index in [0.717, 1.165) is 0 Å². The van der Waals surface area contributed by atoms with Crippen molar-refractivity contribution in [2.24, 2.45) is 0 Å². The summed E-state index contributed by atoms with van der Waals surface area (Å²) < 4.78 is 0. The molecule has 0 fully saturated rings. The van der Waals surface area contributed by atoms with Crippen molar-refractivity contribution in [3.8, 4) is 0 Å². The molecule has 1 aromatic heterocycles. The zero-order valence-electron chi connectivity index (χ0n) is 9.12. The first-order valence-corrected chi connectivity index (χ1v) is 4.40. The summed E-state index contributed by atoms with van der Waals surface area (Å²) >= 11 is 0. The molecule has 2 aromatic carbocycles. The van der Waals surface area contributed by atoms with Crippen molar-refractivity contribution in [2.45, 2.75) is 0 Å². The van der Waals surface area contributed by atoms with Crippen molar-refractivity contribution in [3.63, 3.8) is 0 Å². The summed E-state index contributed by atoms with van der Waals surface area (Å²) in [6.45, 7) is 0. The first-order chi connectivity index (χ1) is 6.45. The van der Waals surface area contributed by atoms with Crippen molar-refractivity contribution in [3.05, 3.63) is 48.5 Å². The van der Waals surface area contributed by atoms with Crippen LogP contribution < -0.4 is 51.4 Å². The maximum absolute atomic E-state index is 3.38. The van der Waals surface area contributed by atoms with Crippen molar-refractivity contribution < 1.29 is 52.8 Å². The van der Waals surface area contributed by atoms with Gasteiger partial charge in [0.05, 0.1) is 0 Å². The van der Waals surface area contributed by atoms with Crippen LogP contribution in [0, 0.1) is 0 Å². The number of aromatic nitrogens is 1. The molecular weight excluding hydrogens is 197 g/mol. The monoisotopic (exact) mass is 207 g/mol. The van der Waals surface area contributed by atoms with E-state index in [9.17, 15) is 0 Å². The zero-order valence-corrected chi connectivity index (χ0v) is 11.2. The smallest absolute Gasteiger partial charge is 1.00 e. The molecule has 0 unspecified atom stereocenters. The number of rotatable bonds is 0. The molecule has 0 aliphatic rings. The molecule has 1 N–H and O–H groups in total. The summed E-state index contributed by atoms with van der Waals surface area (Å²) in [6, 6.07) is 16.8. The van der Waals surface area contributed by atoms with Gasteiger partial charge in [-0.25, -0.2) is 0 Å². The minimum absolute atomic E-state index is 0. The molecule has 0 aliphatic carbocycles. The molecule has 0 atom stereocenters. The Hall–Kier alpha value is -0.124. The largest absolute Gasteiger partial charge is 1.00 e. The molecule has 0 radical (unpaired) electrons. The van der Waals surface area contributed by atoms with Crippen LogP contribution >= 0.6 is 0 Å². The molecule has 0 aliphatic heterocycles. The minimum atomic E-state index is 0. The number of para-hydroxylation sites is 2. The van der Waals surface area contributed by atoms with E-state index in [0.29, 0.717) is 0 Å².